The number of hydrogen-bond donors (Lipinski definition) is 2. The highest BCUT2D eigenvalue weighted by molar-refractivity contribution is 6.32. The lowest BCUT2D eigenvalue weighted by Gasteiger charge is -2.43. The van der Waals surface area contributed by atoms with Crippen LogP contribution in [0.25, 0.3) is 11.0 Å². The number of hydrogen-bond acceptors (Lipinski definition) is 3. The molecule has 5 nitrogen and oxygen atoms in total. The molecule has 2 aliphatic rings. The molecule has 2 heterocycles. The summed E-state index contributed by atoms with van der Waals surface area (Å²) in [6, 6.07) is 4.03. The van der Waals surface area contributed by atoms with Gasteiger partial charge in [0.1, 0.15) is 5.82 Å². The van der Waals surface area contributed by atoms with E-state index in [9.17, 15) is 4.79 Å². The Morgan fingerprint density at radius 2 is 2.00 bits per heavy atom. The van der Waals surface area contributed by atoms with Crippen molar-refractivity contribution < 1.29 is 4.79 Å². The van der Waals surface area contributed by atoms with Crippen LogP contribution in [0.1, 0.15) is 49.9 Å². The third-order valence-electron chi connectivity index (χ3n) is 6.14. The molecule has 0 unspecified atom stereocenters. The maximum absolute atomic E-state index is 11.5. The summed E-state index contributed by atoms with van der Waals surface area (Å²) in [7, 11) is 0. The zero-order valence-electron chi connectivity index (χ0n) is 14.6. The van der Waals surface area contributed by atoms with Gasteiger partial charge in [0.25, 0.3) is 0 Å². The van der Waals surface area contributed by atoms with Crippen LogP contribution in [-0.4, -0.2) is 33.9 Å². The van der Waals surface area contributed by atoms with E-state index in [4.69, 9.17) is 22.3 Å². The number of likely N-dealkylation sites (tertiary alicyclic amines) is 1. The summed E-state index contributed by atoms with van der Waals surface area (Å²) in [4.78, 5) is 22.5. The average molecular weight is 361 g/mol. The van der Waals surface area contributed by atoms with Gasteiger partial charge in [-0.15, -0.1) is 0 Å². The van der Waals surface area contributed by atoms with Crippen molar-refractivity contribution >= 4 is 28.5 Å². The third-order valence-corrected chi connectivity index (χ3v) is 6.54. The molecule has 0 radical (unpaired) electrons. The number of nitrogens with one attached hydrogen (secondary N) is 1. The number of nitrogens with zero attached hydrogens (tertiary/aromatic N) is 2. The van der Waals surface area contributed by atoms with E-state index in [1.54, 1.807) is 0 Å². The van der Waals surface area contributed by atoms with E-state index in [0.717, 1.165) is 66.2 Å². The molecule has 2 aromatic rings. The number of primary amides is 1. The molecule has 1 aromatic heterocycles. The first-order valence-corrected chi connectivity index (χ1v) is 9.58. The van der Waals surface area contributed by atoms with E-state index in [2.05, 4.69) is 16.0 Å². The molecule has 1 saturated heterocycles. The highest BCUT2D eigenvalue weighted by Gasteiger charge is 2.45. The summed E-state index contributed by atoms with van der Waals surface area (Å²) in [6.45, 7) is 3.83. The highest BCUT2D eigenvalue weighted by atomic mass is 35.5. The number of benzene rings is 1. The zero-order chi connectivity index (χ0) is 17.6. The molecule has 134 valence electrons. The van der Waals surface area contributed by atoms with Crippen molar-refractivity contribution in [2.24, 2.45) is 11.7 Å². The predicted molar refractivity (Wildman–Crippen MR) is 99.5 cm³/mol. The van der Waals surface area contributed by atoms with E-state index in [1.807, 2.05) is 13.0 Å². The van der Waals surface area contributed by atoms with Gasteiger partial charge >= 0.3 is 0 Å². The van der Waals surface area contributed by atoms with Crippen LogP contribution < -0.4 is 5.73 Å². The minimum atomic E-state index is -0.158. The van der Waals surface area contributed by atoms with E-state index in [0.29, 0.717) is 0 Å². The largest absolute Gasteiger partial charge is 0.369 e. The van der Waals surface area contributed by atoms with Crippen molar-refractivity contribution in [1.29, 1.82) is 0 Å². The van der Waals surface area contributed by atoms with Crippen LogP contribution in [-0.2, 0) is 10.3 Å². The molecular weight excluding hydrogens is 336 g/mol. The van der Waals surface area contributed by atoms with Gasteiger partial charge < -0.3 is 10.7 Å². The van der Waals surface area contributed by atoms with Crippen molar-refractivity contribution in [1.82, 2.24) is 14.9 Å². The number of aryl methyl sites for hydroxylation is 1. The van der Waals surface area contributed by atoms with Gasteiger partial charge in [-0.05, 0) is 63.4 Å². The fourth-order valence-corrected chi connectivity index (χ4v) is 4.77. The first-order chi connectivity index (χ1) is 12.0. The Bertz CT molecular complexity index is 762. The molecule has 0 spiro atoms. The molecule has 0 atom stereocenters. The maximum atomic E-state index is 11.5. The summed E-state index contributed by atoms with van der Waals surface area (Å²) in [5, 5.41) is 0.758. The number of amides is 1. The number of rotatable bonds is 3. The van der Waals surface area contributed by atoms with Crippen molar-refractivity contribution in [3.8, 4) is 0 Å². The van der Waals surface area contributed by atoms with Crippen molar-refractivity contribution in [3.63, 3.8) is 0 Å². The third kappa shape index (κ3) is 2.83. The Balaban J connectivity index is 1.68. The van der Waals surface area contributed by atoms with Crippen LogP contribution in [0.4, 0.5) is 0 Å². The van der Waals surface area contributed by atoms with Crippen molar-refractivity contribution in [2.75, 3.05) is 13.1 Å². The molecule has 1 amide bonds. The molecule has 1 aliphatic carbocycles. The van der Waals surface area contributed by atoms with E-state index >= 15 is 0 Å². The lowest BCUT2D eigenvalue weighted by molar-refractivity contribution is -0.123. The minimum absolute atomic E-state index is 0.0202. The molecule has 3 N–H and O–H groups in total. The number of imidazole rings is 1. The van der Waals surface area contributed by atoms with Crippen LogP contribution in [0.3, 0.4) is 0 Å². The Morgan fingerprint density at radius 3 is 2.64 bits per heavy atom. The van der Waals surface area contributed by atoms with Gasteiger partial charge in [-0.3, -0.25) is 9.69 Å². The van der Waals surface area contributed by atoms with Gasteiger partial charge in [-0.1, -0.05) is 24.4 Å². The topological polar surface area (TPSA) is 75.0 Å². The summed E-state index contributed by atoms with van der Waals surface area (Å²) in [5.74, 6) is 0.917. The van der Waals surface area contributed by atoms with Gasteiger partial charge in [-0.25, -0.2) is 4.98 Å². The summed E-state index contributed by atoms with van der Waals surface area (Å²) < 4.78 is 0. The number of fused-ring (bicyclic) bond motifs is 1. The van der Waals surface area contributed by atoms with E-state index in [-0.39, 0.29) is 17.4 Å². The number of aromatic amines is 1. The fraction of sp³-hybridized carbons (Fsp3) is 0.579. The fourth-order valence-electron chi connectivity index (χ4n) is 4.61. The van der Waals surface area contributed by atoms with Gasteiger partial charge in [0.15, 0.2) is 0 Å². The Labute approximate surface area is 152 Å². The number of nitrogens with two attached hydrogens (primary N) is 1. The number of aromatic nitrogens is 2. The van der Waals surface area contributed by atoms with Crippen LogP contribution in [0, 0.1) is 12.8 Å². The zero-order valence-corrected chi connectivity index (χ0v) is 15.4. The smallest absolute Gasteiger partial charge is 0.220 e. The standard InChI is InChI=1S/C19H25ClN4O/c1-12-10-15-16(11-14(12)20)23-18(22-15)19(6-2-3-7-19)24-8-4-13(5-9-24)17(21)25/h10-11,13H,2-9H2,1H3,(H2,21,25)(H,22,23). The van der Waals surface area contributed by atoms with Crippen LogP contribution in [0.5, 0.6) is 0 Å². The van der Waals surface area contributed by atoms with Crippen molar-refractivity contribution in [3.05, 3.63) is 28.5 Å². The van der Waals surface area contributed by atoms with Crippen molar-refractivity contribution in [2.45, 2.75) is 51.0 Å². The number of carbonyl (C=O) groups excluding carboxylic acids is 1. The van der Waals surface area contributed by atoms with Crippen LogP contribution >= 0.6 is 11.6 Å². The monoisotopic (exact) mass is 360 g/mol. The second-order valence-electron chi connectivity index (χ2n) is 7.61. The molecule has 2 fully saturated rings. The second-order valence-corrected chi connectivity index (χ2v) is 8.01. The lowest BCUT2D eigenvalue weighted by atomic mass is 9.88. The number of H-pyrrole nitrogens is 1. The highest BCUT2D eigenvalue weighted by Crippen LogP contribution is 2.45. The Kier molecular flexibility index (Phi) is 4.24. The maximum Gasteiger partial charge on any atom is 0.220 e. The second kappa shape index (κ2) is 6.29. The predicted octanol–water partition coefficient (Wildman–Crippen LogP) is 3.49. The summed E-state index contributed by atoms with van der Waals surface area (Å²) in [6.07, 6.45) is 6.35. The number of halogens is 1. The molecular formula is C19H25ClN4O. The van der Waals surface area contributed by atoms with Crippen LogP contribution in [0.2, 0.25) is 5.02 Å². The van der Waals surface area contributed by atoms with Gasteiger partial charge in [0, 0.05) is 10.9 Å². The first kappa shape index (κ1) is 16.9. The molecule has 1 aliphatic heterocycles. The SMILES string of the molecule is Cc1cc2[nH]c(C3(N4CCC(C(N)=O)CC4)CCCC3)nc2cc1Cl. The normalized spacial score (nSPS) is 21.8. The van der Waals surface area contributed by atoms with Gasteiger partial charge in [0.05, 0.1) is 16.6 Å². The number of piperidine rings is 1. The number of carbonyl (C=O) groups is 1. The molecule has 25 heavy (non-hydrogen) atoms. The summed E-state index contributed by atoms with van der Waals surface area (Å²) >= 11 is 6.28. The molecule has 4 rings (SSSR count). The Morgan fingerprint density at radius 1 is 1.32 bits per heavy atom. The lowest BCUT2D eigenvalue weighted by Crippen LogP contribution is -2.50. The Hall–Kier alpha value is -1.59. The average Bonchev–Trinajstić information content (AvgIpc) is 3.23. The van der Waals surface area contributed by atoms with E-state index in [1.165, 1.54) is 12.8 Å². The molecule has 1 aromatic carbocycles. The van der Waals surface area contributed by atoms with Gasteiger partial charge in [0.2, 0.25) is 5.91 Å². The van der Waals surface area contributed by atoms with E-state index < -0.39 is 0 Å². The van der Waals surface area contributed by atoms with Crippen LogP contribution in [0.15, 0.2) is 12.1 Å². The first-order valence-electron chi connectivity index (χ1n) is 9.20. The molecule has 0 bridgehead atoms. The molecule has 1 saturated carbocycles. The van der Waals surface area contributed by atoms with Gasteiger partial charge in [-0.2, -0.15) is 0 Å². The quantitative estimate of drug-likeness (QED) is 0.879. The molecule has 6 heteroatoms. The minimum Gasteiger partial charge on any atom is -0.369 e. The summed E-state index contributed by atoms with van der Waals surface area (Å²) in [5.41, 5.74) is 8.51.